The van der Waals surface area contributed by atoms with Crippen molar-refractivity contribution in [3.05, 3.63) is 82.6 Å². The van der Waals surface area contributed by atoms with E-state index in [2.05, 4.69) is 0 Å². The minimum Gasteiger partial charge on any atom is -0.258 e. The molecule has 0 aromatic carbocycles. The topological polar surface area (TPSA) is 43.1 Å². The van der Waals surface area contributed by atoms with Crippen molar-refractivity contribution < 1.29 is 4.92 Å². The van der Waals surface area contributed by atoms with Gasteiger partial charge in [0.25, 0.3) is 5.70 Å². The molecule has 0 saturated carbocycles. The highest BCUT2D eigenvalue weighted by Crippen LogP contribution is 2.00. The van der Waals surface area contributed by atoms with Crippen LogP contribution in [0.1, 0.15) is 0 Å². The Morgan fingerprint density at radius 2 is 1.27 bits per heavy atom. The number of hydrogen-bond donors (Lipinski definition) is 0. The van der Waals surface area contributed by atoms with Gasteiger partial charge in [0.05, 0.1) is 4.92 Å². The Labute approximate surface area is 88.3 Å². The van der Waals surface area contributed by atoms with Gasteiger partial charge in [0.1, 0.15) is 0 Å². The lowest BCUT2D eigenvalue weighted by Crippen LogP contribution is -1.94. The van der Waals surface area contributed by atoms with Crippen LogP contribution >= 0.6 is 0 Å². The van der Waals surface area contributed by atoms with E-state index in [9.17, 15) is 10.1 Å². The molecule has 0 aromatic rings. The molecule has 0 aliphatic heterocycles. The summed E-state index contributed by atoms with van der Waals surface area (Å²) in [5.41, 5.74) is 0.0638. The molecule has 0 atom stereocenters. The van der Waals surface area contributed by atoms with Gasteiger partial charge >= 0.3 is 0 Å². The van der Waals surface area contributed by atoms with Crippen LogP contribution in [-0.4, -0.2) is 4.92 Å². The Kier molecular flexibility index (Phi) is 4.60. The molecular formula is C12H11NO2. The molecule has 76 valence electrons. The van der Waals surface area contributed by atoms with E-state index in [4.69, 9.17) is 0 Å². The van der Waals surface area contributed by atoms with Crippen LogP contribution in [0.25, 0.3) is 0 Å². The van der Waals surface area contributed by atoms with E-state index in [1.807, 2.05) is 30.4 Å². The van der Waals surface area contributed by atoms with Gasteiger partial charge < -0.3 is 0 Å². The number of rotatable bonds is 1. The molecule has 0 heterocycles. The van der Waals surface area contributed by atoms with Crippen LogP contribution in [0.4, 0.5) is 0 Å². The summed E-state index contributed by atoms with van der Waals surface area (Å²) in [6.45, 7) is 0. The molecule has 0 spiro atoms. The van der Waals surface area contributed by atoms with Gasteiger partial charge in [-0.15, -0.1) is 0 Å². The molecule has 1 aliphatic carbocycles. The predicted molar refractivity (Wildman–Crippen MR) is 60.8 cm³/mol. The molecule has 1 aliphatic rings. The van der Waals surface area contributed by atoms with E-state index >= 15 is 0 Å². The largest absolute Gasteiger partial charge is 0.269 e. The first-order valence-electron chi connectivity index (χ1n) is 4.50. The minimum absolute atomic E-state index is 0.0638. The summed E-state index contributed by atoms with van der Waals surface area (Å²) in [5.74, 6) is 0. The van der Waals surface area contributed by atoms with Gasteiger partial charge in [0, 0.05) is 12.2 Å². The summed E-state index contributed by atoms with van der Waals surface area (Å²) in [5, 5.41) is 10.6. The predicted octanol–water partition coefficient (Wildman–Crippen LogP) is 2.94. The lowest BCUT2D eigenvalue weighted by molar-refractivity contribution is -0.419. The second kappa shape index (κ2) is 6.32. The molecule has 0 amide bonds. The summed E-state index contributed by atoms with van der Waals surface area (Å²) in [6, 6.07) is 0. The van der Waals surface area contributed by atoms with Crippen molar-refractivity contribution in [2.24, 2.45) is 0 Å². The van der Waals surface area contributed by atoms with E-state index in [-0.39, 0.29) is 5.70 Å². The molecule has 3 heteroatoms. The number of allylic oxidation sites excluding steroid dienone is 11. The van der Waals surface area contributed by atoms with Crippen LogP contribution < -0.4 is 0 Å². The third-order valence-electron chi connectivity index (χ3n) is 1.63. The normalized spacial score (nSPS) is 24.1. The minimum atomic E-state index is -0.417. The van der Waals surface area contributed by atoms with Gasteiger partial charge in [-0.05, 0) is 0 Å². The van der Waals surface area contributed by atoms with Crippen molar-refractivity contribution in [1.29, 1.82) is 0 Å². The van der Waals surface area contributed by atoms with Crippen molar-refractivity contribution >= 4 is 0 Å². The first-order valence-corrected chi connectivity index (χ1v) is 4.50. The Balaban J connectivity index is 2.92. The first-order chi connectivity index (χ1) is 7.30. The lowest BCUT2D eigenvalue weighted by Gasteiger charge is -1.87. The summed E-state index contributed by atoms with van der Waals surface area (Å²) < 4.78 is 0. The van der Waals surface area contributed by atoms with Crippen LogP contribution in [-0.2, 0) is 0 Å². The molecule has 0 unspecified atom stereocenters. The van der Waals surface area contributed by atoms with Crippen LogP contribution in [0.5, 0.6) is 0 Å². The second-order valence-corrected chi connectivity index (χ2v) is 2.75. The summed E-state index contributed by atoms with van der Waals surface area (Å²) >= 11 is 0. The lowest BCUT2D eigenvalue weighted by atomic mass is 10.3. The zero-order valence-corrected chi connectivity index (χ0v) is 8.11. The maximum atomic E-state index is 10.6. The maximum Gasteiger partial charge on any atom is 0.269 e. The molecular weight excluding hydrogens is 190 g/mol. The van der Waals surface area contributed by atoms with Gasteiger partial charge in [-0.3, -0.25) is 10.1 Å². The summed E-state index contributed by atoms with van der Waals surface area (Å²) in [6.07, 6.45) is 18.9. The third kappa shape index (κ3) is 4.57. The molecule has 15 heavy (non-hydrogen) atoms. The zero-order valence-electron chi connectivity index (χ0n) is 8.11. The van der Waals surface area contributed by atoms with Crippen LogP contribution in [0.15, 0.2) is 72.5 Å². The summed E-state index contributed by atoms with van der Waals surface area (Å²) in [7, 11) is 0. The molecule has 0 fully saturated rings. The SMILES string of the molecule is O=[N+]([O-])C1=C\C=C/C=C\C=C/C=C\C=C1. The highest BCUT2D eigenvalue weighted by atomic mass is 16.6. The van der Waals surface area contributed by atoms with Gasteiger partial charge in [0.2, 0.25) is 0 Å². The van der Waals surface area contributed by atoms with E-state index in [0.717, 1.165) is 0 Å². The zero-order chi connectivity index (χ0) is 10.9. The average molecular weight is 201 g/mol. The molecule has 1 rings (SSSR count). The van der Waals surface area contributed by atoms with Crippen LogP contribution in [0, 0.1) is 10.1 Å². The first kappa shape index (κ1) is 10.9. The fourth-order valence-corrected chi connectivity index (χ4v) is 0.935. The molecule has 0 N–H and O–H groups in total. The number of hydrogen-bond acceptors (Lipinski definition) is 2. The highest BCUT2D eigenvalue weighted by molar-refractivity contribution is 5.26. The second-order valence-electron chi connectivity index (χ2n) is 2.75. The van der Waals surface area contributed by atoms with Gasteiger partial charge in [-0.25, -0.2) is 0 Å². The smallest absolute Gasteiger partial charge is 0.258 e. The summed E-state index contributed by atoms with van der Waals surface area (Å²) in [4.78, 5) is 10.2. The fraction of sp³-hybridized carbons (Fsp3) is 0. The van der Waals surface area contributed by atoms with Crippen molar-refractivity contribution in [2.75, 3.05) is 0 Å². The standard InChI is InChI=1S/C12H11NO2/c14-13(15)12-10-8-6-4-2-1-3-5-7-9-11-12/h1-11H/b2-1-,3-1?,4-2?,5-3-,6-4-,7-5?,8-6?,9-7-,10-8?,11-9?,12-10?,12-11?. The van der Waals surface area contributed by atoms with E-state index in [1.165, 1.54) is 12.2 Å². The Hall–Kier alpha value is -2.16. The number of nitro groups is 1. The van der Waals surface area contributed by atoms with E-state index in [0.29, 0.717) is 0 Å². The van der Waals surface area contributed by atoms with Gasteiger partial charge in [-0.1, -0.05) is 54.7 Å². The quantitative estimate of drug-likeness (QED) is 0.483. The molecule has 0 radical (unpaired) electrons. The van der Waals surface area contributed by atoms with E-state index < -0.39 is 4.92 Å². The Morgan fingerprint density at radius 3 is 1.80 bits per heavy atom. The van der Waals surface area contributed by atoms with E-state index in [1.54, 1.807) is 24.3 Å². The van der Waals surface area contributed by atoms with Crippen molar-refractivity contribution in [3.8, 4) is 0 Å². The molecule has 0 bridgehead atoms. The maximum absolute atomic E-state index is 10.6. The van der Waals surface area contributed by atoms with Crippen molar-refractivity contribution in [2.45, 2.75) is 0 Å². The van der Waals surface area contributed by atoms with Crippen molar-refractivity contribution in [1.82, 2.24) is 0 Å². The number of nitrogens with zero attached hydrogens (tertiary/aromatic N) is 1. The van der Waals surface area contributed by atoms with Gasteiger partial charge in [-0.2, -0.15) is 0 Å². The van der Waals surface area contributed by atoms with Gasteiger partial charge in [0.15, 0.2) is 0 Å². The monoisotopic (exact) mass is 201 g/mol. The van der Waals surface area contributed by atoms with Crippen LogP contribution in [0.2, 0.25) is 0 Å². The van der Waals surface area contributed by atoms with Crippen molar-refractivity contribution in [3.63, 3.8) is 0 Å². The average Bonchev–Trinajstić information content (AvgIpc) is 2.18. The molecule has 0 aromatic heterocycles. The highest BCUT2D eigenvalue weighted by Gasteiger charge is 2.01. The molecule has 0 saturated heterocycles. The van der Waals surface area contributed by atoms with Crippen LogP contribution in [0.3, 0.4) is 0 Å². The Morgan fingerprint density at radius 1 is 0.800 bits per heavy atom. The third-order valence-corrected chi connectivity index (χ3v) is 1.63. The Bertz CT molecular complexity index is 396. The fourth-order valence-electron chi connectivity index (χ4n) is 0.935. The molecule has 3 nitrogen and oxygen atoms in total.